The average Bonchev–Trinajstić information content (AvgIpc) is 2.94. The van der Waals surface area contributed by atoms with Gasteiger partial charge in [-0.1, -0.05) is 0 Å². The lowest BCUT2D eigenvalue weighted by molar-refractivity contribution is -0.849. The Balaban J connectivity index is 0.00000441. The second-order valence-electron chi connectivity index (χ2n) is 4.81. The van der Waals surface area contributed by atoms with Gasteiger partial charge >= 0.3 is 0 Å². The van der Waals surface area contributed by atoms with Gasteiger partial charge in [0.05, 0.1) is 45.8 Å². The van der Waals surface area contributed by atoms with Gasteiger partial charge in [0.15, 0.2) is 6.67 Å². The van der Waals surface area contributed by atoms with Crippen LogP contribution in [0.3, 0.4) is 0 Å². The van der Waals surface area contributed by atoms with Crippen molar-refractivity contribution in [1.82, 2.24) is 4.90 Å². The molecular weight excluding hydrogens is 399 g/mol. The molecule has 7 heteroatoms. The zero-order valence-electron chi connectivity index (χ0n) is 13.9. The van der Waals surface area contributed by atoms with E-state index in [4.69, 9.17) is 18.9 Å². The van der Waals surface area contributed by atoms with Gasteiger partial charge in [0.25, 0.3) is 0 Å². The van der Waals surface area contributed by atoms with Crippen LogP contribution in [0.25, 0.3) is 0 Å². The smallest absolute Gasteiger partial charge is 0.157 e. The second kappa shape index (κ2) is 15.9. The summed E-state index contributed by atoms with van der Waals surface area (Å²) in [5, 5.41) is 0. The molecule has 0 aromatic heterocycles. The van der Waals surface area contributed by atoms with Crippen LogP contribution in [0.5, 0.6) is 0 Å². The molecule has 1 rings (SSSR count). The van der Waals surface area contributed by atoms with Crippen LogP contribution >= 0.6 is 0 Å². The third kappa shape index (κ3) is 11.6. The quantitative estimate of drug-likeness (QED) is 0.232. The first kappa shape index (κ1) is 22.1. The number of rotatable bonds is 14. The van der Waals surface area contributed by atoms with Gasteiger partial charge in [0.1, 0.15) is 12.7 Å². The minimum Gasteiger partial charge on any atom is -1.00 e. The van der Waals surface area contributed by atoms with E-state index in [1.54, 1.807) is 0 Å². The molecule has 1 aliphatic heterocycles. The molecule has 0 saturated heterocycles. The van der Waals surface area contributed by atoms with Crippen LogP contribution in [0.15, 0.2) is 12.4 Å². The number of quaternary nitrogens is 1. The molecule has 0 aromatic carbocycles. The highest BCUT2D eigenvalue weighted by Crippen LogP contribution is 1.91. The van der Waals surface area contributed by atoms with Crippen LogP contribution in [-0.4, -0.2) is 77.5 Å². The van der Waals surface area contributed by atoms with E-state index in [-0.39, 0.29) is 24.0 Å². The molecule has 0 bridgehead atoms. The third-order valence-corrected chi connectivity index (χ3v) is 3.17. The Hall–Kier alpha value is 0.0700. The van der Waals surface area contributed by atoms with Crippen molar-refractivity contribution in [3.8, 4) is 0 Å². The van der Waals surface area contributed by atoms with Crippen LogP contribution in [0.4, 0.5) is 0 Å². The van der Waals surface area contributed by atoms with E-state index in [2.05, 4.69) is 17.3 Å². The fourth-order valence-corrected chi connectivity index (χ4v) is 2.01. The maximum absolute atomic E-state index is 5.53. The molecule has 0 saturated carbocycles. The van der Waals surface area contributed by atoms with Gasteiger partial charge in [0.2, 0.25) is 0 Å². The van der Waals surface area contributed by atoms with Crippen molar-refractivity contribution in [2.24, 2.45) is 0 Å². The van der Waals surface area contributed by atoms with E-state index in [0.717, 1.165) is 46.2 Å². The summed E-state index contributed by atoms with van der Waals surface area (Å²) in [6.45, 7) is 12.6. The maximum Gasteiger partial charge on any atom is 0.157 e. The highest BCUT2D eigenvalue weighted by Gasteiger charge is 2.16. The number of ether oxygens (including phenoxy) is 4. The zero-order chi connectivity index (χ0) is 15.2. The maximum atomic E-state index is 5.53. The van der Waals surface area contributed by atoms with Gasteiger partial charge in [-0.05, 0) is 13.8 Å². The standard InChI is InChI=1S/C15H30N2O4.HI/c1-3-18-11-13-20-9-7-16-5-6-17(15-16)8-10-21-14-12-19-4-2;/h5-6H,3-4,7-15H2,1-2H3;1H. The van der Waals surface area contributed by atoms with Crippen molar-refractivity contribution in [1.29, 1.82) is 0 Å². The summed E-state index contributed by atoms with van der Waals surface area (Å²) in [5.74, 6) is 0. The molecule has 6 nitrogen and oxygen atoms in total. The van der Waals surface area contributed by atoms with Gasteiger partial charge in [-0.3, -0.25) is 4.90 Å². The zero-order valence-corrected chi connectivity index (χ0v) is 16.0. The average molecular weight is 430 g/mol. The molecule has 0 aromatic rings. The lowest BCUT2D eigenvalue weighted by atomic mass is 10.6. The van der Waals surface area contributed by atoms with Crippen molar-refractivity contribution < 1.29 is 47.8 Å². The largest absolute Gasteiger partial charge is 1.00 e. The van der Waals surface area contributed by atoms with Gasteiger partial charge in [-0.25, -0.2) is 0 Å². The lowest BCUT2D eigenvalue weighted by Crippen LogP contribution is -3.07. The summed E-state index contributed by atoms with van der Waals surface area (Å²) < 4.78 is 21.5. The molecule has 22 heavy (non-hydrogen) atoms. The van der Waals surface area contributed by atoms with E-state index in [9.17, 15) is 0 Å². The monoisotopic (exact) mass is 430 g/mol. The first-order valence-corrected chi connectivity index (χ1v) is 7.94. The Labute approximate surface area is 151 Å². The lowest BCUT2D eigenvalue weighted by Gasteiger charge is -2.17. The Bertz CT molecular complexity index is 246. The van der Waals surface area contributed by atoms with Crippen molar-refractivity contribution in [2.45, 2.75) is 13.8 Å². The fraction of sp³-hybridized carbons (Fsp3) is 0.867. The van der Waals surface area contributed by atoms with Crippen molar-refractivity contribution in [3.63, 3.8) is 0 Å². The van der Waals surface area contributed by atoms with Gasteiger partial charge < -0.3 is 47.8 Å². The van der Waals surface area contributed by atoms with Gasteiger partial charge in [-0.2, -0.15) is 0 Å². The number of hydrogen-bond donors (Lipinski definition) is 1. The summed E-state index contributed by atoms with van der Waals surface area (Å²) in [4.78, 5) is 3.69. The minimum absolute atomic E-state index is 0. The first-order valence-electron chi connectivity index (χ1n) is 7.94. The van der Waals surface area contributed by atoms with Crippen molar-refractivity contribution in [3.05, 3.63) is 12.4 Å². The van der Waals surface area contributed by atoms with E-state index in [0.29, 0.717) is 26.4 Å². The predicted octanol–water partition coefficient (Wildman–Crippen LogP) is -3.27. The Morgan fingerprint density at radius 3 is 2.09 bits per heavy atom. The minimum atomic E-state index is 0. The topological polar surface area (TPSA) is 44.6 Å². The second-order valence-corrected chi connectivity index (χ2v) is 4.81. The molecule has 0 amide bonds. The first-order chi connectivity index (χ1) is 10.4. The van der Waals surface area contributed by atoms with Crippen LogP contribution in [0, 0.1) is 0 Å². The number of nitrogens with one attached hydrogen (secondary N) is 1. The van der Waals surface area contributed by atoms with E-state index in [1.807, 2.05) is 13.8 Å². The molecule has 0 radical (unpaired) electrons. The van der Waals surface area contributed by atoms with E-state index >= 15 is 0 Å². The van der Waals surface area contributed by atoms with Crippen LogP contribution in [0.1, 0.15) is 13.8 Å². The molecule has 0 fully saturated rings. The summed E-state index contributed by atoms with van der Waals surface area (Å²) >= 11 is 0. The molecule has 0 spiro atoms. The molecule has 1 aliphatic rings. The predicted molar refractivity (Wildman–Crippen MR) is 81.2 cm³/mol. The summed E-state index contributed by atoms with van der Waals surface area (Å²) in [5.41, 5.74) is 0. The van der Waals surface area contributed by atoms with E-state index < -0.39 is 0 Å². The van der Waals surface area contributed by atoms with Gasteiger partial charge in [-0.15, -0.1) is 0 Å². The van der Waals surface area contributed by atoms with E-state index in [1.165, 1.54) is 4.90 Å². The molecule has 1 N–H and O–H groups in total. The normalized spacial score (nSPS) is 17.0. The van der Waals surface area contributed by atoms with Crippen molar-refractivity contribution in [2.75, 3.05) is 72.6 Å². The highest BCUT2D eigenvalue weighted by atomic mass is 127. The molecule has 1 atom stereocenters. The summed E-state index contributed by atoms with van der Waals surface area (Å²) in [7, 11) is 0. The van der Waals surface area contributed by atoms with Gasteiger partial charge in [0, 0.05) is 19.8 Å². The molecule has 1 unspecified atom stereocenters. The Morgan fingerprint density at radius 1 is 0.864 bits per heavy atom. The molecular formula is C15H31IN2O4. The summed E-state index contributed by atoms with van der Waals surface area (Å²) in [6, 6.07) is 0. The third-order valence-electron chi connectivity index (χ3n) is 3.17. The van der Waals surface area contributed by atoms with Crippen molar-refractivity contribution >= 4 is 0 Å². The van der Waals surface area contributed by atoms with Crippen LogP contribution < -0.4 is 28.9 Å². The molecule has 1 heterocycles. The number of hydrogen-bond acceptors (Lipinski definition) is 5. The summed E-state index contributed by atoms with van der Waals surface area (Å²) in [6.07, 6.45) is 4.33. The highest BCUT2D eigenvalue weighted by molar-refractivity contribution is 4.77. The number of nitrogens with zero attached hydrogens (tertiary/aromatic N) is 1. The van der Waals surface area contributed by atoms with Crippen LogP contribution in [0.2, 0.25) is 0 Å². The molecule has 132 valence electrons. The fourth-order valence-electron chi connectivity index (χ4n) is 2.01. The molecule has 0 aliphatic carbocycles. The van der Waals surface area contributed by atoms with Crippen LogP contribution in [-0.2, 0) is 18.9 Å². The Morgan fingerprint density at radius 2 is 1.45 bits per heavy atom. The Kier molecular flexibility index (Phi) is 16.0. The SMILES string of the molecule is CCOCCOCCN1C=C[NH+](CCOCCOCC)C1.[I-]. The number of halogens is 1.